The van der Waals surface area contributed by atoms with E-state index < -0.39 is 47.0 Å². The number of halogens is 6. The summed E-state index contributed by atoms with van der Waals surface area (Å²) in [5, 5.41) is 12.5. The number of carboxylic acid groups (broad SMARTS) is 1. The molecule has 0 aromatic heterocycles. The summed E-state index contributed by atoms with van der Waals surface area (Å²) in [7, 11) is 0. The van der Waals surface area contributed by atoms with Gasteiger partial charge < -0.3 is 24.8 Å². The zero-order valence-electron chi connectivity index (χ0n) is 21.4. The van der Waals surface area contributed by atoms with Crippen molar-refractivity contribution in [1.29, 1.82) is 0 Å². The number of rotatable bonds is 11. The Hall–Kier alpha value is -3.32. The summed E-state index contributed by atoms with van der Waals surface area (Å²) < 4.78 is 90.0. The lowest BCUT2D eigenvalue weighted by molar-refractivity contribution is -0.150. The third-order valence-corrected chi connectivity index (χ3v) is 7.10. The summed E-state index contributed by atoms with van der Waals surface area (Å²) in [5.74, 6) is -1.29. The molecule has 4 rings (SSSR count). The van der Waals surface area contributed by atoms with E-state index in [9.17, 15) is 41.0 Å². The lowest BCUT2D eigenvalue weighted by atomic mass is 10.0. The molecule has 1 aliphatic carbocycles. The Bertz CT molecular complexity index is 1210. The molecule has 2 N–H and O–H groups in total. The van der Waals surface area contributed by atoms with Gasteiger partial charge in [-0.2, -0.15) is 26.3 Å². The first-order valence-electron chi connectivity index (χ1n) is 12.7. The fraction of sp³-hybridized carbons (Fsp3) is 0.481. The van der Waals surface area contributed by atoms with Crippen LogP contribution in [0.15, 0.2) is 42.5 Å². The number of nitrogens with zero attached hydrogens (tertiary/aromatic N) is 1. The van der Waals surface area contributed by atoms with Gasteiger partial charge in [-0.1, -0.05) is 12.1 Å². The lowest BCUT2D eigenvalue weighted by Gasteiger charge is -2.23. The molecule has 1 heterocycles. The van der Waals surface area contributed by atoms with Crippen molar-refractivity contribution in [3.05, 3.63) is 64.7 Å². The van der Waals surface area contributed by atoms with Gasteiger partial charge in [0.2, 0.25) is 0 Å². The minimum Gasteiger partial charge on any atom is -0.492 e. The molecule has 1 saturated heterocycles. The van der Waals surface area contributed by atoms with Crippen molar-refractivity contribution in [3.8, 4) is 5.75 Å². The first kappa shape index (κ1) is 29.7. The van der Waals surface area contributed by atoms with Crippen LogP contribution in [0.1, 0.15) is 34.0 Å². The van der Waals surface area contributed by atoms with E-state index in [4.69, 9.17) is 9.47 Å². The van der Waals surface area contributed by atoms with Crippen LogP contribution in [0.4, 0.5) is 26.3 Å². The van der Waals surface area contributed by atoms with Gasteiger partial charge in [-0.25, -0.2) is 4.79 Å². The number of carbonyl (C=O) groups is 2. The number of fused-ring (bicyclic) bond motifs is 1. The molecule has 2 aliphatic rings. The summed E-state index contributed by atoms with van der Waals surface area (Å²) in [6.45, 7) is 3.24. The largest absolute Gasteiger partial charge is 0.492 e. The van der Waals surface area contributed by atoms with Gasteiger partial charge in [-0.15, -0.1) is 0 Å². The topological polar surface area (TPSA) is 88.1 Å². The number of piperidine rings is 1. The fourth-order valence-corrected chi connectivity index (χ4v) is 5.06. The molecule has 2 fully saturated rings. The molecule has 1 aliphatic heterocycles. The van der Waals surface area contributed by atoms with Gasteiger partial charge in [0.15, 0.2) is 6.10 Å². The van der Waals surface area contributed by atoms with E-state index in [0.717, 1.165) is 5.56 Å². The maximum atomic E-state index is 13.4. The van der Waals surface area contributed by atoms with Gasteiger partial charge in [0.1, 0.15) is 12.4 Å². The lowest BCUT2D eigenvalue weighted by Crippen LogP contribution is -2.37. The number of benzene rings is 2. The summed E-state index contributed by atoms with van der Waals surface area (Å²) in [6, 6.07) is 8.11. The van der Waals surface area contributed by atoms with Gasteiger partial charge in [-0.3, -0.25) is 4.79 Å². The number of nitrogens with one attached hydrogen (secondary N) is 1. The molecule has 7 nitrogen and oxygen atoms in total. The second-order valence-electron chi connectivity index (χ2n) is 9.75. The molecule has 2 aromatic rings. The number of hydrogen-bond donors (Lipinski definition) is 2. The Labute approximate surface area is 226 Å². The number of ether oxygens (including phenoxy) is 2. The van der Waals surface area contributed by atoms with E-state index in [0.29, 0.717) is 37.6 Å². The second kappa shape index (κ2) is 11.7. The van der Waals surface area contributed by atoms with Crippen LogP contribution in [0.5, 0.6) is 5.75 Å². The Morgan fingerprint density at radius 2 is 1.68 bits per heavy atom. The van der Waals surface area contributed by atoms with Gasteiger partial charge >= 0.3 is 18.3 Å². The van der Waals surface area contributed by atoms with E-state index in [-0.39, 0.29) is 43.5 Å². The minimum absolute atomic E-state index is 0.0183. The minimum atomic E-state index is -5.11. The van der Waals surface area contributed by atoms with E-state index in [2.05, 4.69) is 5.32 Å². The van der Waals surface area contributed by atoms with Crippen molar-refractivity contribution in [1.82, 2.24) is 10.2 Å². The standard InChI is InChI=1S/C27H28F6N2O5/c1-2-39-22(25(37)38)11-15-3-6-17(7-4-15)40-10-9-34-23-19-13-35(14-20(19)23)24(36)18-8-5-16(26(28,29)30)12-21(18)27(31,32)33/h3-8,12,19-20,22-23,34H,2,9-11,13-14H2,1H3,(H,37,38)/t19-,20?,22-,23?/m0/s1. The van der Waals surface area contributed by atoms with Crippen molar-refractivity contribution < 1.29 is 50.5 Å². The molecular formula is C27H28F6N2O5. The van der Waals surface area contributed by atoms with Crippen LogP contribution in [0, 0.1) is 11.8 Å². The van der Waals surface area contributed by atoms with E-state index in [1.165, 1.54) is 4.90 Å². The smallest absolute Gasteiger partial charge is 0.417 e. The van der Waals surface area contributed by atoms with Gasteiger partial charge in [0, 0.05) is 38.7 Å². The maximum absolute atomic E-state index is 13.4. The molecule has 4 atom stereocenters. The molecule has 1 saturated carbocycles. The van der Waals surface area contributed by atoms with Gasteiger partial charge in [0.05, 0.1) is 16.7 Å². The van der Waals surface area contributed by atoms with Crippen LogP contribution in [-0.4, -0.2) is 66.9 Å². The fourth-order valence-electron chi connectivity index (χ4n) is 5.06. The van der Waals surface area contributed by atoms with Gasteiger partial charge in [-0.05, 0) is 54.7 Å². The first-order valence-corrected chi connectivity index (χ1v) is 12.7. The summed E-state index contributed by atoms with van der Waals surface area (Å²) in [6.07, 6.45) is -10.8. The van der Waals surface area contributed by atoms with Gasteiger partial charge in [0.25, 0.3) is 5.91 Å². The molecule has 40 heavy (non-hydrogen) atoms. The summed E-state index contributed by atoms with van der Waals surface area (Å²) in [4.78, 5) is 25.3. The van der Waals surface area contributed by atoms with Crippen LogP contribution < -0.4 is 10.1 Å². The number of alkyl halides is 6. The van der Waals surface area contributed by atoms with Crippen molar-refractivity contribution in [2.75, 3.05) is 32.8 Å². The highest BCUT2D eigenvalue weighted by atomic mass is 19.4. The Kier molecular flexibility index (Phi) is 8.64. The van der Waals surface area contributed by atoms with Crippen molar-refractivity contribution >= 4 is 11.9 Å². The highest BCUT2D eigenvalue weighted by Gasteiger charge is 2.56. The number of hydrogen-bond acceptors (Lipinski definition) is 5. The number of likely N-dealkylation sites (tertiary alicyclic amines) is 1. The zero-order chi connectivity index (χ0) is 29.2. The maximum Gasteiger partial charge on any atom is 0.417 e. The van der Waals surface area contributed by atoms with Crippen molar-refractivity contribution in [2.24, 2.45) is 11.8 Å². The number of amides is 1. The molecule has 13 heteroatoms. The van der Waals surface area contributed by atoms with E-state index >= 15 is 0 Å². The van der Waals surface area contributed by atoms with Crippen molar-refractivity contribution in [3.63, 3.8) is 0 Å². The number of carbonyl (C=O) groups excluding carboxylic acids is 1. The number of aliphatic carboxylic acids is 1. The van der Waals surface area contributed by atoms with Crippen LogP contribution in [0.3, 0.4) is 0 Å². The average molecular weight is 575 g/mol. The molecule has 0 spiro atoms. The Morgan fingerprint density at radius 1 is 1.02 bits per heavy atom. The zero-order valence-corrected chi connectivity index (χ0v) is 21.4. The molecule has 218 valence electrons. The van der Waals surface area contributed by atoms with Crippen LogP contribution in [0.2, 0.25) is 0 Å². The molecular weight excluding hydrogens is 546 g/mol. The third kappa shape index (κ3) is 6.87. The monoisotopic (exact) mass is 574 g/mol. The predicted molar refractivity (Wildman–Crippen MR) is 130 cm³/mol. The number of carboxylic acids is 1. The normalized spacial score (nSPS) is 21.2. The predicted octanol–water partition coefficient (Wildman–Crippen LogP) is 4.50. The molecule has 1 amide bonds. The quantitative estimate of drug-likeness (QED) is 0.304. The van der Waals surface area contributed by atoms with E-state index in [1.807, 2.05) is 0 Å². The second-order valence-corrected chi connectivity index (χ2v) is 9.75. The average Bonchev–Trinajstić information content (AvgIpc) is 3.32. The summed E-state index contributed by atoms with van der Waals surface area (Å²) >= 11 is 0. The van der Waals surface area contributed by atoms with E-state index in [1.54, 1.807) is 31.2 Å². The Morgan fingerprint density at radius 3 is 2.23 bits per heavy atom. The van der Waals surface area contributed by atoms with Crippen LogP contribution >= 0.6 is 0 Å². The van der Waals surface area contributed by atoms with Crippen LogP contribution in [-0.2, 0) is 28.3 Å². The first-order chi connectivity index (χ1) is 18.8. The summed E-state index contributed by atoms with van der Waals surface area (Å²) in [5.41, 5.74) is -3.06. The van der Waals surface area contributed by atoms with Crippen LogP contribution in [0.25, 0.3) is 0 Å². The molecule has 0 radical (unpaired) electrons. The molecule has 2 aromatic carbocycles. The highest BCUT2D eigenvalue weighted by Crippen LogP contribution is 2.46. The third-order valence-electron chi connectivity index (χ3n) is 7.10. The highest BCUT2D eigenvalue weighted by molar-refractivity contribution is 5.96. The van der Waals surface area contributed by atoms with Crippen molar-refractivity contribution in [2.45, 2.75) is 37.8 Å². The molecule has 2 unspecified atom stereocenters. The Balaban J connectivity index is 1.23. The molecule has 0 bridgehead atoms. The SMILES string of the molecule is CCO[C@@H](Cc1ccc(OCCNC2C3CN(C(=O)c4ccc(C(F)(F)F)cc4C(F)(F)F)C[C@@H]32)cc1)C(=O)O.